The maximum Gasteiger partial charge on any atom is 0.303 e. The highest BCUT2D eigenvalue weighted by molar-refractivity contribution is 5.68. The molecule has 0 radical (unpaired) electrons. The van der Waals surface area contributed by atoms with E-state index in [9.17, 15) is 34.2 Å². The van der Waals surface area contributed by atoms with E-state index in [1.807, 2.05) is 0 Å². The van der Waals surface area contributed by atoms with E-state index in [1.165, 1.54) is 59.3 Å². The number of aliphatic hydroxyl groups is 2. The maximum atomic E-state index is 12.7. The molecule has 3 saturated heterocycles. The van der Waals surface area contributed by atoms with Crippen LogP contribution >= 0.6 is 0 Å². The fraction of sp³-hybridized carbons (Fsp3) is 0.875. The number of esters is 5. The summed E-state index contributed by atoms with van der Waals surface area (Å²) in [6.45, 7) is 12.7. The van der Waals surface area contributed by atoms with Gasteiger partial charge in [-0.3, -0.25) is 24.0 Å². The van der Waals surface area contributed by atoms with Crippen LogP contribution in [0.5, 0.6) is 0 Å². The van der Waals surface area contributed by atoms with Crippen LogP contribution in [-0.2, 0) is 76.1 Å². The summed E-state index contributed by atoms with van der Waals surface area (Å²) >= 11 is 0. The van der Waals surface area contributed by atoms with Crippen LogP contribution in [0.4, 0.5) is 0 Å². The summed E-state index contributed by atoms with van der Waals surface area (Å²) in [4.78, 5) is 61.4. The SMILES string of the molecule is CCCCCCCCCCCCOC1OC(C)C(OC(C)=O)C(OC2OC(C)C(OC(C)=O)C(OC3OC(C)C(OC(C)=O)C(O)C3OC(C)=O)C2OC(C)=O)C1O. The molecule has 3 aliphatic rings. The van der Waals surface area contributed by atoms with E-state index >= 15 is 0 Å². The molecule has 3 fully saturated rings. The summed E-state index contributed by atoms with van der Waals surface area (Å²) in [7, 11) is 0. The van der Waals surface area contributed by atoms with E-state index in [-0.39, 0.29) is 6.61 Å². The van der Waals surface area contributed by atoms with Gasteiger partial charge in [0.1, 0.15) is 24.4 Å². The molecule has 0 aromatic carbocycles. The summed E-state index contributed by atoms with van der Waals surface area (Å²) < 4.78 is 64.3. The molecule has 0 saturated carbocycles. The van der Waals surface area contributed by atoms with Crippen LogP contribution in [0, 0.1) is 0 Å². The van der Waals surface area contributed by atoms with Crippen molar-refractivity contribution in [3.05, 3.63) is 0 Å². The molecule has 15 unspecified atom stereocenters. The van der Waals surface area contributed by atoms with Crippen LogP contribution in [0.15, 0.2) is 0 Å². The molecular formula is C40H66O18. The van der Waals surface area contributed by atoms with Gasteiger partial charge in [0, 0.05) is 41.2 Å². The topological polar surface area (TPSA) is 227 Å². The minimum absolute atomic E-state index is 0.274. The normalized spacial score (nSPS) is 35.1. The Morgan fingerprint density at radius 2 is 0.793 bits per heavy atom. The number of unbranched alkanes of at least 4 members (excludes halogenated alkanes) is 9. The molecule has 0 aromatic rings. The number of hydrogen-bond donors (Lipinski definition) is 2. The number of hydrogen-bond acceptors (Lipinski definition) is 18. The molecule has 334 valence electrons. The first-order valence-electron chi connectivity index (χ1n) is 20.6. The summed E-state index contributed by atoms with van der Waals surface area (Å²) in [6, 6.07) is 0. The van der Waals surface area contributed by atoms with Crippen molar-refractivity contribution in [1.29, 1.82) is 0 Å². The Hall–Kier alpha value is -2.97. The molecule has 0 aliphatic carbocycles. The number of carbonyl (C=O) groups excluding carboxylic acids is 5. The molecular weight excluding hydrogens is 768 g/mol. The van der Waals surface area contributed by atoms with E-state index < -0.39 is 122 Å². The van der Waals surface area contributed by atoms with Crippen molar-refractivity contribution in [1.82, 2.24) is 0 Å². The third-order valence-electron chi connectivity index (χ3n) is 10.1. The third kappa shape index (κ3) is 14.9. The van der Waals surface area contributed by atoms with Crippen LogP contribution in [0.25, 0.3) is 0 Å². The lowest BCUT2D eigenvalue weighted by Gasteiger charge is -2.49. The maximum absolute atomic E-state index is 12.7. The van der Waals surface area contributed by atoms with Crippen molar-refractivity contribution >= 4 is 29.8 Å². The van der Waals surface area contributed by atoms with Crippen molar-refractivity contribution in [3.8, 4) is 0 Å². The number of ether oxygens (including phenoxy) is 11. The number of aliphatic hydroxyl groups excluding tert-OH is 2. The van der Waals surface area contributed by atoms with Gasteiger partial charge in [0.15, 0.2) is 49.4 Å². The van der Waals surface area contributed by atoms with Gasteiger partial charge < -0.3 is 62.3 Å². The minimum Gasteiger partial charge on any atom is -0.457 e. The fourth-order valence-electron chi connectivity index (χ4n) is 7.42. The van der Waals surface area contributed by atoms with Crippen molar-refractivity contribution in [2.75, 3.05) is 6.61 Å². The largest absolute Gasteiger partial charge is 0.457 e. The molecule has 0 bridgehead atoms. The Labute approximate surface area is 341 Å². The minimum atomic E-state index is -1.65. The second kappa shape index (κ2) is 24.3. The molecule has 0 amide bonds. The first-order chi connectivity index (χ1) is 27.4. The molecule has 18 heteroatoms. The summed E-state index contributed by atoms with van der Waals surface area (Å²) in [6.07, 6.45) is -9.11. The lowest BCUT2D eigenvalue weighted by molar-refractivity contribution is -0.376. The Kier molecular flexibility index (Phi) is 20.7. The second-order valence-electron chi connectivity index (χ2n) is 15.2. The number of carbonyl (C=O) groups is 5. The zero-order valence-electron chi connectivity index (χ0n) is 35.4. The van der Waals surface area contributed by atoms with Crippen LogP contribution in [0.2, 0.25) is 0 Å². The Morgan fingerprint density at radius 1 is 0.431 bits per heavy atom. The first-order valence-corrected chi connectivity index (χ1v) is 20.6. The van der Waals surface area contributed by atoms with Crippen molar-refractivity contribution < 1.29 is 86.3 Å². The third-order valence-corrected chi connectivity index (χ3v) is 10.1. The fourth-order valence-corrected chi connectivity index (χ4v) is 7.42. The molecule has 18 nitrogen and oxygen atoms in total. The monoisotopic (exact) mass is 834 g/mol. The van der Waals surface area contributed by atoms with Gasteiger partial charge in [-0.05, 0) is 27.2 Å². The number of rotatable bonds is 21. The van der Waals surface area contributed by atoms with E-state index in [1.54, 1.807) is 6.92 Å². The van der Waals surface area contributed by atoms with E-state index in [0.717, 1.165) is 53.4 Å². The Morgan fingerprint density at radius 3 is 1.29 bits per heavy atom. The summed E-state index contributed by atoms with van der Waals surface area (Å²) in [5, 5.41) is 22.9. The molecule has 15 atom stereocenters. The van der Waals surface area contributed by atoms with Gasteiger partial charge in [-0.15, -0.1) is 0 Å². The van der Waals surface area contributed by atoms with Gasteiger partial charge in [0.2, 0.25) is 0 Å². The highest BCUT2D eigenvalue weighted by atomic mass is 16.8. The molecule has 0 spiro atoms. The van der Waals surface area contributed by atoms with Crippen molar-refractivity contribution in [2.24, 2.45) is 0 Å². The van der Waals surface area contributed by atoms with E-state index in [4.69, 9.17) is 52.1 Å². The van der Waals surface area contributed by atoms with Crippen LogP contribution < -0.4 is 0 Å². The standard InChI is InChI=1S/C40H66O18/c1-10-11-12-13-14-15-16-17-18-19-20-48-38-30(47)34(32(22(3)49-38)53-25(6)42)57-40-37(56-28(9)45)36(33(23(4)51-40)54-26(7)43)58-39-35(55-27(8)44)29(46)31(21(2)50-39)52-24(5)41/h21-23,29-40,46-47H,10-20H2,1-9H3. The molecule has 58 heavy (non-hydrogen) atoms. The highest BCUT2D eigenvalue weighted by Crippen LogP contribution is 2.36. The summed E-state index contributed by atoms with van der Waals surface area (Å²) in [5.41, 5.74) is 0. The van der Waals surface area contributed by atoms with Crippen molar-refractivity contribution in [3.63, 3.8) is 0 Å². The van der Waals surface area contributed by atoms with Crippen LogP contribution in [-0.4, -0.2) is 139 Å². The van der Waals surface area contributed by atoms with Gasteiger partial charge >= 0.3 is 29.8 Å². The highest BCUT2D eigenvalue weighted by Gasteiger charge is 2.57. The molecule has 3 heterocycles. The van der Waals surface area contributed by atoms with Gasteiger partial charge in [0.05, 0.1) is 18.3 Å². The molecule has 2 N–H and O–H groups in total. The van der Waals surface area contributed by atoms with Gasteiger partial charge in [-0.25, -0.2) is 0 Å². The summed E-state index contributed by atoms with van der Waals surface area (Å²) in [5.74, 6) is -3.86. The first kappa shape index (κ1) is 49.4. The molecule has 0 aromatic heterocycles. The predicted octanol–water partition coefficient (Wildman–Crippen LogP) is 3.31. The van der Waals surface area contributed by atoms with Crippen molar-refractivity contribution in [2.45, 2.75) is 219 Å². The zero-order chi connectivity index (χ0) is 43.1. The van der Waals surface area contributed by atoms with E-state index in [2.05, 4.69) is 6.92 Å². The van der Waals surface area contributed by atoms with Gasteiger partial charge in [-0.1, -0.05) is 64.7 Å². The van der Waals surface area contributed by atoms with Crippen LogP contribution in [0.3, 0.4) is 0 Å². The smallest absolute Gasteiger partial charge is 0.303 e. The van der Waals surface area contributed by atoms with Gasteiger partial charge in [0.25, 0.3) is 0 Å². The Balaban J connectivity index is 1.87. The van der Waals surface area contributed by atoms with Crippen LogP contribution in [0.1, 0.15) is 127 Å². The molecule has 3 rings (SSSR count). The van der Waals surface area contributed by atoms with E-state index in [0.29, 0.717) is 0 Å². The second-order valence-corrected chi connectivity index (χ2v) is 15.2. The zero-order valence-corrected chi connectivity index (χ0v) is 35.4. The predicted molar refractivity (Wildman–Crippen MR) is 200 cm³/mol. The average Bonchev–Trinajstić information content (AvgIpc) is 3.12. The Bertz CT molecular complexity index is 1310. The molecule has 3 aliphatic heterocycles. The quantitative estimate of drug-likeness (QED) is 0.0960. The van der Waals surface area contributed by atoms with Gasteiger partial charge in [-0.2, -0.15) is 0 Å². The lowest BCUT2D eigenvalue weighted by atomic mass is 9.96. The lowest BCUT2D eigenvalue weighted by Crippen LogP contribution is -2.67. The average molecular weight is 835 g/mol.